The summed E-state index contributed by atoms with van der Waals surface area (Å²) in [5.74, 6) is -2.15. The van der Waals surface area contributed by atoms with Crippen molar-refractivity contribution in [3.05, 3.63) is 59.7 Å². The molecule has 0 saturated carbocycles. The fourth-order valence-electron chi connectivity index (χ4n) is 3.14. The van der Waals surface area contributed by atoms with Gasteiger partial charge in [0.25, 0.3) is 5.91 Å². The Morgan fingerprint density at radius 2 is 1.88 bits per heavy atom. The molecule has 25 heavy (non-hydrogen) atoms. The van der Waals surface area contributed by atoms with E-state index in [0.717, 1.165) is 50.5 Å². The van der Waals surface area contributed by atoms with E-state index >= 15 is 0 Å². The van der Waals surface area contributed by atoms with Crippen LogP contribution in [0.5, 0.6) is 0 Å². The Kier molecular flexibility index (Phi) is 5.28. The zero-order valence-corrected chi connectivity index (χ0v) is 14.2. The molecule has 0 bridgehead atoms. The van der Waals surface area contributed by atoms with Gasteiger partial charge in [0.2, 0.25) is 0 Å². The molecule has 0 radical (unpaired) electrons. The number of benzene rings is 2. The molecule has 3 rings (SSSR count). The van der Waals surface area contributed by atoms with Crippen LogP contribution < -0.4 is 15.1 Å². The number of carbonyl (C=O) groups excluding carboxylic acids is 1. The minimum Gasteiger partial charge on any atom is -0.359 e. The van der Waals surface area contributed by atoms with Gasteiger partial charge in [0.1, 0.15) is 11.6 Å². The summed E-state index contributed by atoms with van der Waals surface area (Å²) in [5.41, 5.74) is 1.39. The molecule has 0 spiro atoms. The van der Waals surface area contributed by atoms with Crippen LogP contribution in [0.3, 0.4) is 0 Å². The Morgan fingerprint density at radius 1 is 1.16 bits per heavy atom. The molecule has 1 aliphatic rings. The minimum atomic E-state index is -0.866. The number of nitrogens with zero attached hydrogens (tertiary/aromatic N) is 1. The lowest BCUT2D eigenvalue weighted by molar-refractivity contribution is -0.898. The van der Waals surface area contributed by atoms with Gasteiger partial charge in [0, 0.05) is 6.07 Å². The molecule has 1 fully saturated rings. The maximum Gasteiger partial charge on any atom is 0.258 e. The highest BCUT2D eigenvalue weighted by molar-refractivity contribution is 6.06. The number of rotatable bonds is 4. The zero-order chi connectivity index (χ0) is 17.8. The van der Waals surface area contributed by atoms with Crippen LogP contribution in [0.4, 0.5) is 20.2 Å². The summed E-state index contributed by atoms with van der Waals surface area (Å²) in [4.78, 5) is 16.2. The second-order valence-corrected chi connectivity index (χ2v) is 6.19. The molecule has 4 nitrogen and oxygen atoms in total. The molecule has 132 valence electrons. The van der Waals surface area contributed by atoms with Crippen LogP contribution in [0.15, 0.2) is 42.5 Å². The van der Waals surface area contributed by atoms with Crippen LogP contribution in [0, 0.1) is 11.6 Å². The molecular formula is C19H22F2N3O+. The number of para-hydroxylation sites is 2. The number of hydrogen-bond donors (Lipinski definition) is 2. The average molecular weight is 346 g/mol. The summed E-state index contributed by atoms with van der Waals surface area (Å²) < 4.78 is 26.9. The molecule has 2 aromatic carbocycles. The molecule has 0 aromatic heterocycles. The van der Waals surface area contributed by atoms with Crippen LogP contribution in [-0.2, 0) is 0 Å². The summed E-state index contributed by atoms with van der Waals surface area (Å²) >= 11 is 0. The number of likely N-dealkylation sites (N-methyl/N-ethyl adjacent to an activating group) is 1. The van der Waals surface area contributed by atoms with Gasteiger partial charge in [-0.15, -0.1) is 0 Å². The van der Waals surface area contributed by atoms with Crippen LogP contribution in [0.25, 0.3) is 0 Å². The molecule has 1 amide bonds. The zero-order valence-electron chi connectivity index (χ0n) is 14.2. The quantitative estimate of drug-likeness (QED) is 0.888. The highest BCUT2D eigenvalue weighted by Gasteiger charge is 2.21. The molecule has 1 heterocycles. The fourth-order valence-corrected chi connectivity index (χ4v) is 3.14. The second kappa shape index (κ2) is 7.61. The largest absolute Gasteiger partial charge is 0.359 e. The lowest BCUT2D eigenvalue weighted by Crippen LogP contribution is -3.14. The van der Waals surface area contributed by atoms with Crippen LogP contribution in [-0.4, -0.2) is 38.6 Å². The number of anilines is 2. The van der Waals surface area contributed by atoms with E-state index in [9.17, 15) is 13.6 Å². The SMILES string of the molecule is CC[NH+]1CCN(c2ccccc2NC(=O)c2ccc(F)cc2F)CC1. The summed E-state index contributed by atoms with van der Waals surface area (Å²) in [7, 11) is 0. The Morgan fingerprint density at radius 3 is 2.56 bits per heavy atom. The van der Waals surface area contributed by atoms with Crippen molar-refractivity contribution < 1.29 is 18.5 Å². The second-order valence-electron chi connectivity index (χ2n) is 6.19. The van der Waals surface area contributed by atoms with Gasteiger partial charge in [0.05, 0.1) is 49.7 Å². The van der Waals surface area contributed by atoms with Gasteiger partial charge in [0.15, 0.2) is 0 Å². The third kappa shape index (κ3) is 3.96. The van der Waals surface area contributed by atoms with E-state index in [1.54, 1.807) is 11.0 Å². The van der Waals surface area contributed by atoms with Gasteiger partial charge in [-0.1, -0.05) is 12.1 Å². The highest BCUT2D eigenvalue weighted by Crippen LogP contribution is 2.26. The molecule has 0 unspecified atom stereocenters. The lowest BCUT2D eigenvalue weighted by Gasteiger charge is -2.34. The van der Waals surface area contributed by atoms with Crippen molar-refractivity contribution >= 4 is 17.3 Å². The summed E-state index contributed by atoms with van der Waals surface area (Å²) in [6, 6.07) is 10.5. The average Bonchev–Trinajstić information content (AvgIpc) is 2.62. The van der Waals surface area contributed by atoms with E-state index < -0.39 is 17.5 Å². The normalized spacial score (nSPS) is 15.2. The van der Waals surface area contributed by atoms with Crippen molar-refractivity contribution in [2.75, 3.05) is 42.9 Å². The van der Waals surface area contributed by atoms with E-state index in [0.29, 0.717) is 11.8 Å². The number of amides is 1. The monoisotopic (exact) mass is 346 g/mol. The third-order valence-electron chi connectivity index (χ3n) is 4.64. The number of carbonyl (C=O) groups is 1. The molecule has 6 heteroatoms. The molecule has 0 aliphatic carbocycles. The third-order valence-corrected chi connectivity index (χ3v) is 4.64. The number of quaternary nitrogens is 1. The first-order valence-corrected chi connectivity index (χ1v) is 8.52. The number of hydrogen-bond acceptors (Lipinski definition) is 2. The first kappa shape index (κ1) is 17.4. The van der Waals surface area contributed by atoms with Crippen molar-refractivity contribution in [1.29, 1.82) is 0 Å². The Hall–Kier alpha value is -2.47. The van der Waals surface area contributed by atoms with Crippen LogP contribution >= 0.6 is 0 Å². The van der Waals surface area contributed by atoms with E-state index in [4.69, 9.17) is 0 Å². The maximum absolute atomic E-state index is 13.8. The standard InChI is InChI=1S/C19H21F2N3O/c1-2-23-9-11-24(12-10-23)18-6-4-3-5-17(18)22-19(25)15-8-7-14(20)13-16(15)21/h3-8,13H,2,9-12H2,1H3,(H,22,25)/p+1. The van der Waals surface area contributed by atoms with Crippen molar-refractivity contribution in [1.82, 2.24) is 0 Å². The topological polar surface area (TPSA) is 36.8 Å². The van der Waals surface area contributed by atoms with Crippen LogP contribution in [0.2, 0.25) is 0 Å². The number of halogens is 2. The molecule has 2 N–H and O–H groups in total. The lowest BCUT2D eigenvalue weighted by atomic mass is 10.1. The molecule has 2 aromatic rings. The number of piperazine rings is 1. The summed E-state index contributed by atoms with van der Waals surface area (Å²) in [6.07, 6.45) is 0. The Bertz CT molecular complexity index is 758. The van der Waals surface area contributed by atoms with Crippen molar-refractivity contribution in [2.45, 2.75) is 6.92 Å². The van der Waals surface area contributed by atoms with Gasteiger partial charge in [-0.05, 0) is 31.2 Å². The van der Waals surface area contributed by atoms with E-state index in [1.165, 1.54) is 0 Å². The first-order chi connectivity index (χ1) is 12.1. The van der Waals surface area contributed by atoms with E-state index in [1.807, 2.05) is 18.2 Å². The van der Waals surface area contributed by atoms with Crippen molar-refractivity contribution in [3.8, 4) is 0 Å². The molecule has 0 atom stereocenters. The predicted octanol–water partition coefficient (Wildman–Crippen LogP) is 1.94. The smallest absolute Gasteiger partial charge is 0.258 e. The predicted molar refractivity (Wildman–Crippen MR) is 94.2 cm³/mol. The first-order valence-electron chi connectivity index (χ1n) is 8.52. The molecule has 1 saturated heterocycles. The van der Waals surface area contributed by atoms with Crippen molar-refractivity contribution in [2.24, 2.45) is 0 Å². The van der Waals surface area contributed by atoms with Gasteiger partial charge in [-0.3, -0.25) is 4.79 Å². The van der Waals surface area contributed by atoms with E-state index in [-0.39, 0.29) is 5.56 Å². The van der Waals surface area contributed by atoms with Gasteiger partial charge in [-0.25, -0.2) is 8.78 Å². The Labute approximate surface area is 146 Å². The number of nitrogens with one attached hydrogen (secondary N) is 2. The molecular weight excluding hydrogens is 324 g/mol. The maximum atomic E-state index is 13.8. The molecule has 1 aliphatic heterocycles. The van der Waals surface area contributed by atoms with Gasteiger partial charge >= 0.3 is 0 Å². The van der Waals surface area contributed by atoms with E-state index in [2.05, 4.69) is 17.1 Å². The Balaban J connectivity index is 1.78. The highest BCUT2D eigenvalue weighted by atomic mass is 19.1. The van der Waals surface area contributed by atoms with Gasteiger partial charge in [-0.2, -0.15) is 0 Å². The summed E-state index contributed by atoms with van der Waals surface area (Å²) in [5, 5.41) is 2.76. The summed E-state index contributed by atoms with van der Waals surface area (Å²) in [6.45, 7) is 7.19. The minimum absolute atomic E-state index is 0.170. The van der Waals surface area contributed by atoms with Gasteiger partial charge < -0.3 is 15.1 Å². The van der Waals surface area contributed by atoms with Crippen molar-refractivity contribution in [3.63, 3.8) is 0 Å². The fraction of sp³-hybridized carbons (Fsp3) is 0.316. The van der Waals surface area contributed by atoms with Crippen LogP contribution in [0.1, 0.15) is 17.3 Å².